The highest BCUT2D eigenvalue weighted by atomic mass is 16.5. The second-order valence-electron chi connectivity index (χ2n) is 7.31. The predicted molar refractivity (Wildman–Crippen MR) is 120 cm³/mol. The molecule has 8 heteroatoms. The van der Waals surface area contributed by atoms with Crippen molar-refractivity contribution in [2.24, 2.45) is 4.99 Å². The number of aliphatic imine (C=N–C) groups is 1. The zero-order valence-corrected chi connectivity index (χ0v) is 18.2. The van der Waals surface area contributed by atoms with E-state index < -0.39 is 6.04 Å². The quantitative estimate of drug-likeness (QED) is 0.625. The normalized spacial score (nSPS) is 18.0. The van der Waals surface area contributed by atoms with Crippen LogP contribution in [0.5, 0.6) is 0 Å². The van der Waals surface area contributed by atoms with Crippen molar-refractivity contribution in [1.82, 2.24) is 20.7 Å². The van der Waals surface area contributed by atoms with E-state index in [1.54, 1.807) is 25.3 Å². The largest absolute Gasteiger partial charge is 0.481 e. The summed E-state index contributed by atoms with van der Waals surface area (Å²) in [6, 6.07) is 9.38. The van der Waals surface area contributed by atoms with Gasteiger partial charge in [-0.1, -0.05) is 36.4 Å². The summed E-state index contributed by atoms with van der Waals surface area (Å²) < 4.78 is 5.23. The lowest BCUT2D eigenvalue weighted by atomic mass is 10.1. The molecule has 0 saturated carbocycles. The summed E-state index contributed by atoms with van der Waals surface area (Å²) >= 11 is 0. The summed E-state index contributed by atoms with van der Waals surface area (Å²) in [6.45, 7) is 2.62. The van der Waals surface area contributed by atoms with Gasteiger partial charge < -0.3 is 15.0 Å². The fourth-order valence-electron chi connectivity index (χ4n) is 3.26. The lowest BCUT2D eigenvalue weighted by Gasteiger charge is -2.24. The first-order chi connectivity index (χ1) is 15.0. The Morgan fingerprint density at radius 1 is 1.29 bits per heavy atom. The number of nitrogens with one attached hydrogen (secondary N) is 2. The van der Waals surface area contributed by atoms with Crippen LogP contribution in [0.1, 0.15) is 25.3 Å². The second-order valence-corrected chi connectivity index (χ2v) is 7.31. The molecule has 2 aliphatic rings. The number of allylic oxidation sites excluding steroid dienone is 3. The molecule has 0 saturated heterocycles. The number of nitrogens with zero attached hydrogens (tertiary/aromatic N) is 3. The minimum atomic E-state index is -0.520. The van der Waals surface area contributed by atoms with Crippen LogP contribution in [0.2, 0.25) is 0 Å². The van der Waals surface area contributed by atoms with Crippen molar-refractivity contribution in [2.75, 3.05) is 27.2 Å². The maximum absolute atomic E-state index is 12.8. The molecule has 0 spiro atoms. The first-order valence-corrected chi connectivity index (χ1v) is 10.3. The third-order valence-corrected chi connectivity index (χ3v) is 5.10. The highest BCUT2D eigenvalue weighted by Crippen LogP contribution is 2.27. The molecule has 2 N–H and O–H groups in total. The third-order valence-electron chi connectivity index (χ3n) is 5.10. The van der Waals surface area contributed by atoms with Gasteiger partial charge in [0.15, 0.2) is 0 Å². The van der Waals surface area contributed by atoms with E-state index >= 15 is 0 Å². The van der Waals surface area contributed by atoms with Crippen LogP contribution in [0.4, 0.5) is 0 Å². The fourth-order valence-corrected chi connectivity index (χ4v) is 3.26. The topological polar surface area (TPSA) is 86.3 Å². The van der Waals surface area contributed by atoms with Gasteiger partial charge in [0.1, 0.15) is 6.04 Å². The number of carbonyl (C=O) groups excluding carboxylic acids is 2. The molecule has 164 valence electrons. The molecule has 2 heterocycles. The lowest BCUT2D eigenvalue weighted by Crippen LogP contribution is -2.46. The summed E-state index contributed by atoms with van der Waals surface area (Å²) in [4.78, 5) is 30.1. The van der Waals surface area contributed by atoms with Crippen molar-refractivity contribution in [3.05, 3.63) is 65.7 Å². The molecule has 1 unspecified atom stereocenters. The number of benzene rings is 1. The number of methoxy groups -OCH3 is 1. The first kappa shape index (κ1) is 22.3. The van der Waals surface area contributed by atoms with E-state index in [4.69, 9.17) is 4.74 Å². The van der Waals surface area contributed by atoms with Crippen LogP contribution in [0.3, 0.4) is 0 Å². The first-order valence-electron chi connectivity index (χ1n) is 10.3. The Balaban J connectivity index is 1.70. The maximum Gasteiger partial charge on any atom is 0.243 e. The maximum atomic E-state index is 12.8. The van der Waals surface area contributed by atoms with Gasteiger partial charge in [-0.05, 0) is 30.6 Å². The van der Waals surface area contributed by atoms with Gasteiger partial charge in [0, 0.05) is 27.1 Å². The van der Waals surface area contributed by atoms with Gasteiger partial charge in [-0.25, -0.2) is 10.4 Å². The second kappa shape index (κ2) is 10.6. The van der Waals surface area contributed by atoms with E-state index in [-0.39, 0.29) is 11.8 Å². The molecule has 31 heavy (non-hydrogen) atoms. The van der Waals surface area contributed by atoms with Crippen LogP contribution < -0.4 is 10.7 Å². The minimum absolute atomic E-state index is 0.0133. The van der Waals surface area contributed by atoms with Crippen molar-refractivity contribution in [3.8, 4) is 0 Å². The van der Waals surface area contributed by atoms with Crippen LogP contribution in [0.25, 0.3) is 5.70 Å². The molecular formula is C23H29N5O3. The van der Waals surface area contributed by atoms with Crippen molar-refractivity contribution in [1.29, 1.82) is 0 Å². The summed E-state index contributed by atoms with van der Waals surface area (Å²) in [5.74, 6) is 0.447. The Labute approximate surface area is 182 Å². The summed E-state index contributed by atoms with van der Waals surface area (Å²) in [7, 11) is 3.34. The Morgan fingerprint density at radius 3 is 2.77 bits per heavy atom. The van der Waals surface area contributed by atoms with Gasteiger partial charge in [-0.2, -0.15) is 0 Å². The lowest BCUT2D eigenvalue weighted by molar-refractivity contribution is -0.127. The van der Waals surface area contributed by atoms with E-state index in [9.17, 15) is 9.59 Å². The number of hydrogen-bond donors (Lipinski definition) is 2. The van der Waals surface area contributed by atoms with E-state index in [0.717, 1.165) is 17.0 Å². The molecule has 3 rings (SSSR count). The Hall–Kier alpha value is -3.39. The number of hydrazine groups is 1. The summed E-state index contributed by atoms with van der Waals surface area (Å²) in [5, 5.41) is 4.84. The molecule has 0 bridgehead atoms. The number of ether oxygens (including phenoxy) is 1. The molecule has 0 aliphatic carbocycles. The number of rotatable bonds is 8. The standard InChI is InChI=1S/C23H29N5O3/c1-17(29)27(2)14-8-13-24-23(30)20-15-21(18-9-5-4-6-10-18)28(26-20)19-11-7-12-22(31-3)25-16-19/h4-6,9-12,15-16,20,26H,7-8,13-14H2,1-3H3,(H,24,30). The molecule has 1 aromatic rings. The van der Waals surface area contributed by atoms with Gasteiger partial charge >= 0.3 is 0 Å². The number of amides is 2. The van der Waals surface area contributed by atoms with Gasteiger partial charge in [-0.15, -0.1) is 0 Å². The average molecular weight is 424 g/mol. The van der Waals surface area contributed by atoms with Crippen molar-refractivity contribution in [2.45, 2.75) is 25.8 Å². The molecule has 8 nitrogen and oxygen atoms in total. The fraction of sp³-hybridized carbons (Fsp3) is 0.348. The third kappa shape index (κ3) is 5.82. The molecule has 0 fully saturated rings. The molecule has 0 radical (unpaired) electrons. The van der Waals surface area contributed by atoms with E-state index in [1.165, 1.54) is 6.92 Å². The zero-order valence-electron chi connectivity index (χ0n) is 18.2. The smallest absolute Gasteiger partial charge is 0.243 e. The molecule has 1 aromatic carbocycles. The van der Waals surface area contributed by atoms with Gasteiger partial charge in [0.05, 0.1) is 24.7 Å². The molecule has 0 aromatic heterocycles. The van der Waals surface area contributed by atoms with Crippen LogP contribution in [0, 0.1) is 0 Å². The van der Waals surface area contributed by atoms with Gasteiger partial charge in [-0.3, -0.25) is 14.6 Å². The Kier molecular flexibility index (Phi) is 7.61. The van der Waals surface area contributed by atoms with Crippen LogP contribution in [-0.4, -0.2) is 61.2 Å². The molecule has 2 amide bonds. The molecule has 2 aliphatic heterocycles. The highest BCUT2D eigenvalue weighted by molar-refractivity contribution is 5.90. The van der Waals surface area contributed by atoms with Crippen LogP contribution >= 0.6 is 0 Å². The highest BCUT2D eigenvalue weighted by Gasteiger charge is 2.30. The summed E-state index contributed by atoms with van der Waals surface area (Å²) in [6.07, 6.45) is 8.92. The zero-order chi connectivity index (χ0) is 22.2. The Bertz CT molecular complexity index is 920. The van der Waals surface area contributed by atoms with Crippen LogP contribution in [-0.2, 0) is 14.3 Å². The van der Waals surface area contributed by atoms with E-state index in [2.05, 4.69) is 15.7 Å². The van der Waals surface area contributed by atoms with Crippen molar-refractivity contribution < 1.29 is 14.3 Å². The van der Waals surface area contributed by atoms with Gasteiger partial charge in [0.25, 0.3) is 0 Å². The average Bonchev–Trinajstić information content (AvgIpc) is 3.09. The van der Waals surface area contributed by atoms with Crippen molar-refractivity contribution in [3.63, 3.8) is 0 Å². The number of carbonyl (C=O) groups is 2. The molecule has 1 atom stereocenters. The number of hydrogen-bond acceptors (Lipinski definition) is 6. The summed E-state index contributed by atoms with van der Waals surface area (Å²) in [5.41, 5.74) is 5.99. The predicted octanol–water partition coefficient (Wildman–Crippen LogP) is 2.05. The monoisotopic (exact) mass is 423 g/mol. The van der Waals surface area contributed by atoms with E-state index in [1.807, 2.05) is 53.6 Å². The Morgan fingerprint density at radius 2 is 2.06 bits per heavy atom. The van der Waals surface area contributed by atoms with Crippen molar-refractivity contribution >= 4 is 23.7 Å². The van der Waals surface area contributed by atoms with E-state index in [0.29, 0.717) is 31.8 Å². The van der Waals surface area contributed by atoms with Gasteiger partial charge in [0.2, 0.25) is 17.7 Å². The van der Waals surface area contributed by atoms with Crippen LogP contribution in [0.15, 0.2) is 65.1 Å². The molecular weight excluding hydrogens is 394 g/mol. The minimum Gasteiger partial charge on any atom is -0.481 e. The SMILES string of the molecule is COC1=CCC=C(N2NC(C(=O)NCCCN(C)C(C)=O)C=C2c2ccccc2)C=N1.